The number of nitrogens with zero attached hydrogens (tertiary/aromatic N) is 2. The van der Waals surface area contributed by atoms with Crippen LogP contribution in [-0.2, 0) is 11.2 Å². The van der Waals surface area contributed by atoms with Crippen LogP contribution in [0.5, 0.6) is 0 Å². The predicted molar refractivity (Wildman–Crippen MR) is 121 cm³/mol. The van der Waals surface area contributed by atoms with Gasteiger partial charge in [-0.2, -0.15) is 0 Å². The minimum absolute atomic E-state index is 0.000402. The Labute approximate surface area is 175 Å². The molecular weight excluding hydrogens is 374 g/mol. The summed E-state index contributed by atoms with van der Waals surface area (Å²) in [6, 6.07) is 20.2. The van der Waals surface area contributed by atoms with Gasteiger partial charge in [0, 0.05) is 29.4 Å². The van der Waals surface area contributed by atoms with Gasteiger partial charge in [-0.25, -0.2) is 9.97 Å². The van der Waals surface area contributed by atoms with Gasteiger partial charge in [-0.05, 0) is 30.2 Å². The number of hydrogen-bond acceptors (Lipinski definition) is 4. The summed E-state index contributed by atoms with van der Waals surface area (Å²) in [5.41, 5.74) is 4.74. The third kappa shape index (κ3) is 4.49. The van der Waals surface area contributed by atoms with E-state index in [2.05, 4.69) is 37.7 Å². The van der Waals surface area contributed by atoms with E-state index in [0.29, 0.717) is 0 Å². The standard InChI is InChI=1S/C24H25N5O/c1-16(2)24(30)28-19-10-6-9-18(13-19)21-14-20-22(26-15-27-23(20)29-21)25-12-11-17-7-4-3-5-8-17/h3-10,13-16H,11-12H2,1-2H3,(H,28,30)(H2,25,26,27,29). The number of hydrogen-bond donors (Lipinski definition) is 3. The summed E-state index contributed by atoms with van der Waals surface area (Å²) < 4.78 is 0. The smallest absolute Gasteiger partial charge is 0.226 e. The summed E-state index contributed by atoms with van der Waals surface area (Å²) in [5, 5.41) is 7.31. The quantitative estimate of drug-likeness (QED) is 0.414. The molecule has 2 aromatic heterocycles. The number of aromatic nitrogens is 3. The summed E-state index contributed by atoms with van der Waals surface area (Å²) in [4.78, 5) is 24.2. The molecule has 0 bridgehead atoms. The average Bonchev–Trinajstić information content (AvgIpc) is 3.20. The van der Waals surface area contributed by atoms with E-state index in [9.17, 15) is 4.79 Å². The Morgan fingerprint density at radius 2 is 1.87 bits per heavy atom. The van der Waals surface area contributed by atoms with E-state index in [-0.39, 0.29) is 11.8 Å². The molecule has 0 fully saturated rings. The first kappa shape index (κ1) is 19.6. The molecule has 0 aliphatic rings. The molecule has 0 aliphatic carbocycles. The van der Waals surface area contributed by atoms with E-state index in [1.165, 1.54) is 5.56 Å². The molecule has 0 saturated heterocycles. The van der Waals surface area contributed by atoms with Gasteiger partial charge in [-0.15, -0.1) is 0 Å². The van der Waals surface area contributed by atoms with Crippen LogP contribution in [0, 0.1) is 5.92 Å². The van der Waals surface area contributed by atoms with Gasteiger partial charge < -0.3 is 15.6 Å². The fraction of sp³-hybridized carbons (Fsp3) is 0.208. The van der Waals surface area contributed by atoms with Crippen LogP contribution >= 0.6 is 0 Å². The van der Waals surface area contributed by atoms with E-state index < -0.39 is 0 Å². The second-order valence-corrected chi connectivity index (χ2v) is 7.55. The van der Waals surface area contributed by atoms with Crippen molar-refractivity contribution < 1.29 is 4.79 Å². The Morgan fingerprint density at radius 1 is 1.03 bits per heavy atom. The second-order valence-electron chi connectivity index (χ2n) is 7.55. The van der Waals surface area contributed by atoms with Gasteiger partial charge in [-0.1, -0.05) is 56.3 Å². The highest BCUT2D eigenvalue weighted by atomic mass is 16.1. The molecule has 4 aromatic rings. The van der Waals surface area contributed by atoms with Crippen LogP contribution in [-0.4, -0.2) is 27.4 Å². The van der Waals surface area contributed by atoms with Gasteiger partial charge in [0.05, 0.1) is 5.39 Å². The highest BCUT2D eigenvalue weighted by Crippen LogP contribution is 2.28. The number of amides is 1. The molecule has 4 rings (SSSR count). The molecule has 152 valence electrons. The first-order valence-corrected chi connectivity index (χ1v) is 10.1. The Morgan fingerprint density at radius 3 is 2.67 bits per heavy atom. The van der Waals surface area contributed by atoms with Gasteiger partial charge in [0.2, 0.25) is 5.91 Å². The SMILES string of the molecule is CC(C)C(=O)Nc1cccc(-c2cc3c(NCCc4ccccc4)ncnc3[nH]2)c1. The van der Waals surface area contributed by atoms with Crippen LogP contribution in [0.25, 0.3) is 22.3 Å². The van der Waals surface area contributed by atoms with E-state index >= 15 is 0 Å². The van der Waals surface area contributed by atoms with Crippen LogP contribution < -0.4 is 10.6 Å². The maximum Gasteiger partial charge on any atom is 0.226 e. The van der Waals surface area contributed by atoms with Crippen molar-refractivity contribution in [1.82, 2.24) is 15.0 Å². The van der Waals surface area contributed by atoms with E-state index in [1.54, 1.807) is 6.33 Å². The molecule has 1 amide bonds. The van der Waals surface area contributed by atoms with E-state index in [1.807, 2.05) is 62.4 Å². The monoisotopic (exact) mass is 399 g/mol. The molecule has 3 N–H and O–H groups in total. The van der Waals surface area contributed by atoms with Gasteiger partial charge >= 0.3 is 0 Å². The number of benzene rings is 2. The molecule has 2 heterocycles. The number of nitrogens with one attached hydrogen (secondary N) is 3. The van der Waals surface area contributed by atoms with Crippen LogP contribution in [0.3, 0.4) is 0 Å². The van der Waals surface area contributed by atoms with Crippen LogP contribution in [0.1, 0.15) is 19.4 Å². The molecule has 0 radical (unpaired) electrons. The lowest BCUT2D eigenvalue weighted by atomic mass is 10.1. The van der Waals surface area contributed by atoms with Crippen molar-refractivity contribution >= 4 is 28.4 Å². The van der Waals surface area contributed by atoms with Crippen LogP contribution in [0.2, 0.25) is 0 Å². The van der Waals surface area contributed by atoms with Crippen LogP contribution in [0.15, 0.2) is 67.0 Å². The third-order valence-corrected chi connectivity index (χ3v) is 4.94. The highest BCUT2D eigenvalue weighted by Gasteiger charge is 2.11. The zero-order valence-electron chi connectivity index (χ0n) is 17.1. The van der Waals surface area contributed by atoms with Gasteiger partial charge in [-0.3, -0.25) is 4.79 Å². The minimum atomic E-state index is -0.0680. The first-order valence-electron chi connectivity index (χ1n) is 10.1. The van der Waals surface area contributed by atoms with Crippen molar-refractivity contribution in [3.63, 3.8) is 0 Å². The normalized spacial score (nSPS) is 11.0. The summed E-state index contributed by atoms with van der Waals surface area (Å²) in [7, 11) is 0. The molecule has 6 heteroatoms. The van der Waals surface area contributed by atoms with Gasteiger partial charge in [0.25, 0.3) is 0 Å². The number of carbonyl (C=O) groups is 1. The van der Waals surface area contributed by atoms with E-state index in [0.717, 1.165) is 46.8 Å². The largest absolute Gasteiger partial charge is 0.369 e. The number of anilines is 2. The molecule has 0 unspecified atom stereocenters. The second kappa shape index (κ2) is 8.78. The molecule has 0 aliphatic heterocycles. The lowest BCUT2D eigenvalue weighted by Gasteiger charge is -2.08. The first-order chi connectivity index (χ1) is 14.6. The fourth-order valence-corrected chi connectivity index (χ4v) is 3.26. The van der Waals surface area contributed by atoms with Crippen molar-refractivity contribution in [2.75, 3.05) is 17.2 Å². The Bertz CT molecular complexity index is 1150. The molecule has 0 spiro atoms. The third-order valence-electron chi connectivity index (χ3n) is 4.94. The maximum absolute atomic E-state index is 12.0. The Kier molecular flexibility index (Phi) is 5.75. The maximum atomic E-state index is 12.0. The molecule has 0 saturated carbocycles. The minimum Gasteiger partial charge on any atom is -0.369 e. The molecule has 2 aromatic carbocycles. The Hall–Kier alpha value is -3.67. The summed E-state index contributed by atoms with van der Waals surface area (Å²) in [5.74, 6) is 0.740. The van der Waals surface area contributed by atoms with Crippen molar-refractivity contribution in [3.8, 4) is 11.3 Å². The molecule has 30 heavy (non-hydrogen) atoms. The van der Waals surface area contributed by atoms with Crippen molar-refractivity contribution in [2.24, 2.45) is 5.92 Å². The number of carbonyl (C=O) groups excluding carboxylic acids is 1. The molecule has 6 nitrogen and oxygen atoms in total. The lowest BCUT2D eigenvalue weighted by molar-refractivity contribution is -0.118. The topological polar surface area (TPSA) is 82.7 Å². The molecular formula is C24H25N5O. The zero-order chi connectivity index (χ0) is 20.9. The van der Waals surface area contributed by atoms with Gasteiger partial charge in [0.15, 0.2) is 0 Å². The van der Waals surface area contributed by atoms with Crippen molar-refractivity contribution in [3.05, 3.63) is 72.6 Å². The fourth-order valence-electron chi connectivity index (χ4n) is 3.26. The van der Waals surface area contributed by atoms with Crippen molar-refractivity contribution in [1.29, 1.82) is 0 Å². The summed E-state index contributed by atoms with van der Waals surface area (Å²) in [6.45, 7) is 4.54. The number of fused-ring (bicyclic) bond motifs is 1. The Balaban J connectivity index is 1.54. The lowest BCUT2D eigenvalue weighted by Crippen LogP contribution is -2.17. The van der Waals surface area contributed by atoms with E-state index in [4.69, 9.17) is 0 Å². The molecule has 0 atom stereocenters. The number of aromatic amines is 1. The number of rotatable bonds is 7. The predicted octanol–water partition coefficient (Wildman–Crippen LogP) is 4.87. The average molecular weight is 399 g/mol. The summed E-state index contributed by atoms with van der Waals surface area (Å²) in [6.07, 6.45) is 2.48. The zero-order valence-corrected chi connectivity index (χ0v) is 17.1. The highest BCUT2D eigenvalue weighted by molar-refractivity contribution is 5.94. The van der Waals surface area contributed by atoms with Crippen LogP contribution in [0.4, 0.5) is 11.5 Å². The van der Waals surface area contributed by atoms with Crippen molar-refractivity contribution in [2.45, 2.75) is 20.3 Å². The summed E-state index contributed by atoms with van der Waals surface area (Å²) >= 11 is 0. The number of H-pyrrole nitrogens is 1. The van der Waals surface area contributed by atoms with Gasteiger partial charge in [0.1, 0.15) is 17.8 Å².